The van der Waals surface area contributed by atoms with Gasteiger partial charge in [-0.1, -0.05) is 30.3 Å². The third-order valence-corrected chi connectivity index (χ3v) is 5.18. The Bertz CT molecular complexity index is 1110. The van der Waals surface area contributed by atoms with Crippen LogP contribution in [-0.2, 0) is 20.9 Å². The van der Waals surface area contributed by atoms with Crippen molar-refractivity contribution >= 4 is 34.2 Å². The first-order valence-corrected chi connectivity index (χ1v) is 9.88. The van der Waals surface area contributed by atoms with Crippen molar-refractivity contribution in [3.8, 4) is 0 Å². The molecular formula is C23H23N3O4. The van der Waals surface area contributed by atoms with Gasteiger partial charge in [0.15, 0.2) is 0 Å². The topological polar surface area (TPSA) is 80.6 Å². The van der Waals surface area contributed by atoms with Gasteiger partial charge in [-0.25, -0.2) is 0 Å². The number of fused-ring (bicyclic) bond motifs is 1. The number of ketones is 1. The number of carbonyl (C=O) groups excluding carboxylic acids is 3. The van der Waals surface area contributed by atoms with Gasteiger partial charge in [0, 0.05) is 35.9 Å². The van der Waals surface area contributed by atoms with Crippen molar-refractivity contribution < 1.29 is 19.1 Å². The summed E-state index contributed by atoms with van der Waals surface area (Å²) in [6.07, 6.45) is 1.60. The molecule has 7 heteroatoms. The number of rotatable bonds is 5. The van der Waals surface area contributed by atoms with E-state index in [0.29, 0.717) is 37.4 Å². The summed E-state index contributed by atoms with van der Waals surface area (Å²) in [5, 5.41) is 3.31. The molecule has 1 N–H and O–H groups in total. The number of benzene rings is 2. The largest absolute Gasteiger partial charge is 0.378 e. The van der Waals surface area contributed by atoms with Crippen LogP contribution < -0.4 is 5.32 Å². The fraction of sp³-hybridized carbons (Fsp3) is 0.261. The Morgan fingerprint density at radius 2 is 1.80 bits per heavy atom. The minimum atomic E-state index is -0.706. The van der Waals surface area contributed by atoms with E-state index in [1.807, 2.05) is 37.3 Å². The van der Waals surface area contributed by atoms with Crippen LogP contribution in [0.15, 0.2) is 54.7 Å². The number of aromatic nitrogens is 1. The summed E-state index contributed by atoms with van der Waals surface area (Å²) >= 11 is 0. The molecule has 7 nitrogen and oxygen atoms in total. The van der Waals surface area contributed by atoms with Gasteiger partial charge in [-0.05, 0) is 30.7 Å². The zero-order valence-corrected chi connectivity index (χ0v) is 16.8. The summed E-state index contributed by atoms with van der Waals surface area (Å²) in [5.41, 5.74) is 2.58. The monoisotopic (exact) mass is 405 g/mol. The molecule has 2 heterocycles. The van der Waals surface area contributed by atoms with E-state index in [2.05, 4.69) is 5.32 Å². The molecule has 1 aliphatic heterocycles. The molecule has 0 spiro atoms. The van der Waals surface area contributed by atoms with Gasteiger partial charge in [0.05, 0.1) is 18.8 Å². The highest BCUT2D eigenvalue weighted by atomic mass is 16.5. The lowest BCUT2D eigenvalue weighted by atomic mass is 10.1. The minimum Gasteiger partial charge on any atom is -0.378 e. The number of ether oxygens (including phenoxy) is 1. The molecule has 0 bridgehead atoms. The fourth-order valence-corrected chi connectivity index (χ4v) is 3.65. The number of Topliss-reactive ketones (excluding diaryl/α,β-unsaturated/α-hetero) is 1. The van der Waals surface area contributed by atoms with Crippen LogP contribution in [0.2, 0.25) is 0 Å². The number of hydrogen-bond donors (Lipinski definition) is 1. The van der Waals surface area contributed by atoms with Crippen molar-refractivity contribution in [2.75, 3.05) is 31.6 Å². The molecule has 0 atom stereocenters. The standard InChI is InChI=1S/C23H23N3O4/c1-16-5-4-6-17(13-16)24-23(29)22(28)19-14-26(20-8-3-2-7-18(19)20)15-21(27)25-9-11-30-12-10-25/h2-8,13-14H,9-12,15H2,1H3,(H,24,29). The Morgan fingerprint density at radius 1 is 1.03 bits per heavy atom. The van der Waals surface area contributed by atoms with Gasteiger partial charge in [0.1, 0.15) is 6.54 Å². The van der Waals surface area contributed by atoms with E-state index in [1.165, 1.54) is 0 Å². The molecule has 1 fully saturated rings. The number of aryl methyl sites for hydroxylation is 1. The molecule has 0 aliphatic carbocycles. The maximum absolute atomic E-state index is 12.9. The Balaban J connectivity index is 1.58. The van der Waals surface area contributed by atoms with Crippen LogP contribution in [0.5, 0.6) is 0 Å². The molecule has 4 rings (SSSR count). The summed E-state index contributed by atoms with van der Waals surface area (Å²) in [5.74, 6) is -1.38. The van der Waals surface area contributed by atoms with Crippen LogP contribution in [0.3, 0.4) is 0 Å². The Labute approximate surface area is 174 Å². The number of amides is 2. The number of para-hydroxylation sites is 1. The molecule has 1 aromatic heterocycles. The number of morpholine rings is 1. The van der Waals surface area contributed by atoms with Gasteiger partial charge in [-0.15, -0.1) is 0 Å². The molecule has 0 radical (unpaired) electrons. The third-order valence-electron chi connectivity index (χ3n) is 5.18. The Morgan fingerprint density at radius 3 is 2.57 bits per heavy atom. The lowest BCUT2D eigenvalue weighted by molar-refractivity contribution is -0.135. The Kier molecular flexibility index (Phi) is 5.63. The zero-order valence-electron chi connectivity index (χ0n) is 16.8. The van der Waals surface area contributed by atoms with E-state index in [9.17, 15) is 14.4 Å². The van der Waals surface area contributed by atoms with Crippen molar-refractivity contribution in [2.45, 2.75) is 13.5 Å². The third kappa shape index (κ3) is 4.11. The fourth-order valence-electron chi connectivity index (χ4n) is 3.65. The van der Waals surface area contributed by atoms with E-state index in [1.54, 1.807) is 33.9 Å². The second-order valence-corrected chi connectivity index (χ2v) is 7.33. The van der Waals surface area contributed by atoms with Crippen molar-refractivity contribution in [3.63, 3.8) is 0 Å². The molecule has 2 amide bonds. The van der Waals surface area contributed by atoms with Gasteiger partial charge in [0.2, 0.25) is 5.91 Å². The van der Waals surface area contributed by atoms with Crippen molar-refractivity contribution in [3.05, 3.63) is 65.9 Å². The first-order valence-electron chi connectivity index (χ1n) is 9.88. The predicted octanol–water partition coefficient (Wildman–Crippen LogP) is 2.63. The normalized spacial score (nSPS) is 14.0. The van der Waals surface area contributed by atoms with Crippen molar-refractivity contribution in [2.24, 2.45) is 0 Å². The van der Waals surface area contributed by atoms with E-state index >= 15 is 0 Å². The predicted molar refractivity (Wildman–Crippen MR) is 113 cm³/mol. The van der Waals surface area contributed by atoms with Gasteiger partial charge in [-0.3, -0.25) is 14.4 Å². The number of nitrogens with zero attached hydrogens (tertiary/aromatic N) is 2. The molecule has 30 heavy (non-hydrogen) atoms. The molecule has 0 unspecified atom stereocenters. The van der Waals surface area contributed by atoms with Crippen LogP contribution in [0.25, 0.3) is 10.9 Å². The first kappa shape index (κ1) is 19.8. The van der Waals surface area contributed by atoms with E-state index < -0.39 is 11.7 Å². The van der Waals surface area contributed by atoms with Gasteiger partial charge in [-0.2, -0.15) is 0 Å². The summed E-state index contributed by atoms with van der Waals surface area (Å²) < 4.78 is 7.04. The van der Waals surface area contributed by atoms with E-state index in [-0.39, 0.29) is 18.0 Å². The summed E-state index contributed by atoms with van der Waals surface area (Å²) in [7, 11) is 0. The number of anilines is 1. The second kappa shape index (κ2) is 8.51. The molecule has 3 aromatic rings. The number of carbonyl (C=O) groups is 3. The average Bonchev–Trinajstić information content (AvgIpc) is 3.12. The highest BCUT2D eigenvalue weighted by molar-refractivity contribution is 6.48. The number of hydrogen-bond acceptors (Lipinski definition) is 4. The van der Waals surface area contributed by atoms with Crippen molar-refractivity contribution in [1.29, 1.82) is 0 Å². The molecule has 0 saturated carbocycles. The Hall–Kier alpha value is -3.45. The molecular weight excluding hydrogens is 382 g/mol. The highest BCUT2D eigenvalue weighted by Gasteiger charge is 2.24. The van der Waals surface area contributed by atoms with Crippen LogP contribution in [0, 0.1) is 6.92 Å². The molecule has 2 aromatic carbocycles. The lowest BCUT2D eigenvalue weighted by Gasteiger charge is -2.27. The quantitative estimate of drug-likeness (QED) is 0.523. The molecule has 154 valence electrons. The zero-order chi connectivity index (χ0) is 21.1. The molecule has 1 saturated heterocycles. The second-order valence-electron chi connectivity index (χ2n) is 7.33. The first-order chi connectivity index (χ1) is 14.5. The van der Waals surface area contributed by atoms with Crippen LogP contribution in [0.1, 0.15) is 15.9 Å². The van der Waals surface area contributed by atoms with Crippen LogP contribution >= 0.6 is 0 Å². The highest BCUT2D eigenvalue weighted by Crippen LogP contribution is 2.23. The smallest absolute Gasteiger partial charge is 0.296 e. The van der Waals surface area contributed by atoms with E-state index in [0.717, 1.165) is 11.1 Å². The SMILES string of the molecule is Cc1cccc(NC(=O)C(=O)c2cn(CC(=O)N3CCOCC3)c3ccccc23)c1. The molecule has 1 aliphatic rings. The minimum absolute atomic E-state index is 0.0396. The van der Waals surface area contributed by atoms with E-state index in [4.69, 9.17) is 4.74 Å². The summed E-state index contributed by atoms with van der Waals surface area (Å²) in [4.78, 5) is 39.9. The lowest BCUT2D eigenvalue weighted by Crippen LogP contribution is -2.42. The van der Waals surface area contributed by atoms with Crippen LogP contribution in [0.4, 0.5) is 5.69 Å². The summed E-state index contributed by atoms with van der Waals surface area (Å²) in [6, 6.07) is 14.6. The van der Waals surface area contributed by atoms with Crippen LogP contribution in [-0.4, -0.2) is 53.4 Å². The summed E-state index contributed by atoms with van der Waals surface area (Å²) in [6.45, 7) is 4.19. The average molecular weight is 405 g/mol. The van der Waals surface area contributed by atoms with Gasteiger partial charge in [0.25, 0.3) is 11.7 Å². The maximum Gasteiger partial charge on any atom is 0.296 e. The van der Waals surface area contributed by atoms with Gasteiger partial charge >= 0.3 is 0 Å². The number of nitrogens with one attached hydrogen (secondary N) is 1. The van der Waals surface area contributed by atoms with Crippen molar-refractivity contribution in [1.82, 2.24) is 9.47 Å². The van der Waals surface area contributed by atoms with Gasteiger partial charge < -0.3 is 19.5 Å². The maximum atomic E-state index is 12.9.